The number of rotatable bonds is 5. The predicted octanol–water partition coefficient (Wildman–Crippen LogP) is 2.34. The highest BCUT2D eigenvalue weighted by Gasteiger charge is 2.21. The van der Waals surface area contributed by atoms with Crippen molar-refractivity contribution in [3.8, 4) is 0 Å². The van der Waals surface area contributed by atoms with Crippen LogP contribution < -0.4 is 5.32 Å². The summed E-state index contributed by atoms with van der Waals surface area (Å²) in [6.45, 7) is 3.47. The molecule has 2 rings (SSSR count). The van der Waals surface area contributed by atoms with E-state index >= 15 is 0 Å². The summed E-state index contributed by atoms with van der Waals surface area (Å²) in [7, 11) is 0. The van der Waals surface area contributed by atoms with Crippen LogP contribution in [0.4, 0.5) is 0 Å². The van der Waals surface area contributed by atoms with Crippen molar-refractivity contribution in [2.75, 3.05) is 13.2 Å². The molecule has 0 amide bonds. The van der Waals surface area contributed by atoms with Gasteiger partial charge in [-0.1, -0.05) is 23.8 Å². The lowest BCUT2D eigenvalue weighted by atomic mass is 10.1. The average Bonchev–Trinajstić information content (AvgIpc) is 2.67. The van der Waals surface area contributed by atoms with Crippen LogP contribution in [0, 0.1) is 6.92 Å². The Labute approximate surface area is 97.7 Å². The summed E-state index contributed by atoms with van der Waals surface area (Å²) in [5.41, 5.74) is 4.34. The quantitative estimate of drug-likeness (QED) is 0.745. The zero-order valence-electron chi connectivity index (χ0n) is 10.00. The van der Waals surface area contributed by atoms with Crippen LogP contribution in [0.1, 0.15) is 42.0 Å². The van der Waals surface area contributed by atoms with Crippen molar-refractivity contribution in [3.05, 3.63) is 34.9 Å². The van der Waals surface area contributed by atoms with E-state index in [1.54, 1.807) is 0 Å². The number of aryl methyl sites for hydroxylation is 2. The molecule has 2 nitrogen and oxygen atoms in total. The van der Waals surface area contributed by atoms with Crippen LogP contribution in [0.25, 0.3) is 0 Å². The molecule has 1 aliphatic carbocycles. The van der Waals surface area contributed by atoms with Crippen LogP contribution in [-0.2, 0) is 6.42 Å². The molecule has 0 radical (unpaired) electrons. The molecule has 0 spiro atoms. The molecule has 1 aromatic carbocycles. The molecule has 2 heteroatoms. The van der Waals surface area contributed by atoms with Crippen LogP contribution in [0.2, 0.25) is 0 Å². The monoisotopic (exact) mass is 219 g/mol. The Hall–Kier alpha value is -0.860. The number of fused-ring (bicyclic) bond motifs is 1. The second-order valence-electron chi connectivity index (χ2n) is 4.68. The molecule has 0 bridgehead atoms. The number of hydrogen-bond donors (Lipinski definition) is 2. The summed E-state index contributed by atoms with van der Waals surface area (Å²) < 4.78 is 0. The number of aliphatic hydroxyl groups is 1. The molecule has 1 aromatic rings. The third-order valence-corrected chi connectivity index (χ3v) is 3.35. The molecule has 0 saturated heterocycles. The molecular formula is C14H21NO. The van der Waals surface area contributed by atoms with E-state index in [-0.39, 0.29) is 0 Å². The topological polar surface area (TPSA) is 32.3 Å². The Morgan fingerprint density at radius 3 is 3.06 bits per heavy atom. The van der Waals surface area contributed by atoms with E-state index in [2.05, 4.69) is 30.4 Å². The molecule has 88 valence electrons. The fourth-order valence-electron chi connectivity index (χ4n) is 2.45. The van der Waals surface area contributed by atoms with E-state index < -0.39 is 0 Å². The Kier molecular flexibility index (Phi) is 3.97. The van der Waals surface area contributed by atoms with Crippen molar-refractivity contribution in [1.82, 2.24) is 5.32 Å². The summed E-state index contributed by atoms with van der Waals surface area (Å²) in [6, 6.07) is 7.31. The average molecular weight is 219 g/mol. The molecule has 1 unspecified atom stereocenters. The van der Waals surface area contributed by atoms with E-state index in [9.17, 15) is 0 Å². The van der Waals surface area contributed by atoms with E-state index in [1.165, 1.54) is 29.5 Å². The second kappa shape index (κ2) is 5.46. The first kappa shape index (κ1) is 11.6. The van der Waals surface area contributed by atoms with Gasteiger partial charge >= 0.3 is 0 Å². The molecule has 1 atom stereocenters. The maximum Gasteiger partial charge on any atom is 0.0431 e. The molecular weight excluding hydrogens is 198 g/mol. The van der Waals surface area contributed by atoms with Crippen LogP contribution in [0.15, 0.2) is 18.2 Å². The first-order valence-corrected chi connectivity index (χ1v) is 6.25. The SMILES string of the molecule is Cc1ccc2c(c1)C(NCCCCO)CC2. The van der Waals surface area contributed by atoms with Gasteiger partial charge in [-0.2, -0.15) is 0 Å². The normalized spacial score (nSPS) is 18.8. The molecule has 0 saturated carbocycles. The van der Waals surface area contributed by atoms with Gasteiger partial charge in [0, 0.05) is 12.6 Å². The zero-order valence-corrected chi connectivity index (χ0v) is 10.00. The lowest BCUT2D eigenvalue weighted by Crippen LogP contribution is -2.20. The Morgan fingerprint density at radius 1 is 1.38 bits per heavy atom. The van der Waals surface area contributed by atoms with Crippen molar-refractivity contribution < 1.29 is 5.11 Å². The molecule has 1 aliphatic rings. The predicted molar refractivity (Wildman–Crippen MR) is 66.6 cm³/mol. The number of benzene rings is 1. The highest BCUT2D eigenvalue weighted by molar-refractivity contribution is 5.37. The van der Waals surface area contributed by atoms with Crippen molar-refractivity contribution in [1.29, 1.82) is 0 Å². The number of unbranched alkanes of at least 4 members (excludes halogenated alkanes) is 1. The highest BCUT2D eigenvalue weighted by Crippen LogP contribution is 2.31. The van der Waals surface area contributed by atoms with Crippen molar-refractivity contribution >= 4 is 0 Å². The Balaban J connectivity index is 1.92. The van der Waals surface area contributed by atoms with Gasteiger partial charge in [0.05, 0.1) is 0 Å². The summed E-state index contributed by atoms with van der Waals surface area (Å²) in [5, 5.41) is 12.3. The van der Waals surface area contributed by atoms with Crippen LogP contribution >= 0.6 is 0 Å². The third-order valence-electron chi connectivity index (χ3n) is 3.35. The van der Waals surface area contributed by atoms with Crippen molar-refractivity contribution in [2.24, 2.45) is 0 Å². The van der Waals surface area contributed by atoms with Gasteiger partial charge in [-0.3, -0.25) is 0 Å². The summed E-state index contributed by atoms with van der Waals surface area (Å²) in [5.74, 6) is 0. The summed E-state index contributed by atoms with van der Waals surface area (Å²) in [6.07, 6.45) is 4.39. The lowest BCUT2D eigenvalue weighted by Gasteiger charge is -2.14. The smallest absolute Gasteiger partial charge is 0.0431 e. The van der Waals surface area contributed by atoms with Gasteiger partial charge < -0.3 is 10.4 Å². The fourth-order valence-corrected chi connectivity index (χ4v) is 2.45. The zero-order chi connectivity index (χ0) is 11.4. The molecule has 0 fully saturated rings. The van der Waals surface area contributed by atoms with Gasteiger partial charge in [0.15, 0.2) is 0 Å². The van der Waals surface area contributed by atoms with Crippen LogP contribution in [0.5, 0.6) is 0 Å². The van der Waals surface area contributed by atoms with E-state index in [0.717, 1.165) is 19.4 Å². The van der Waals surface area contributed by atoms with Gasteiger partial charge in [0.25, 0.3) is 0 Å². The summed E-state index contributed by atoms with van der Waals surface area (Å²) in [4.78, 5) is 0. The van der Waals surface area contributed by atoms with Crippen LogP contribution in [0.3, 0.4) is 0 Å². The van der Waals surface area contributed by atoms with E-state index in [1.807, 2.05) is 0 Å². The minimum Gasteiger partial charge on any atom is -0.396 e. The number of aliphatic hydroxyl groups excluding tert-OH is 1. The largest absolute Gasteiger partial charge is 0.396 e. The van der Waals surface area contributed by atoms with Gasteiger partial charge in [-0.25, -0.2) is 0 Å². The standard InChI is InChI=1S/C14H21NO/c1-11-4-5-12-6-7-14(13(12)10-11)15-8-2-3-9-16/h4-5,10,14-16H,2-3,6-9H2,1H3. The maximum atomic E-state index is 8.72. The molecule has 0 heterocycles. The third kappa shape index (κ3) is 2.63. The minimum absolute atomic E-state index is 0.308. The van der Waals surface area contributed by atoms with Crippen molar-refractivity contribution in [3.63, 3.8) is 0 Å². The van der Waals surface area contributed by atoms with Gasteiger partial charge in [-0.15, -0.1) is 0 Å². The molecule has 2 N–H and O–H groups in total. The number of hydrogen-bond acceptors (Lipinski definition) is 2. The van der Waals surface area contributed by atoms with Crippen molar-refractivity contribution in [2.45, 2.75) is 38.6 Å². The minimum atomic E-state index is 0.308. The highest BCUT2D eigenvalue weighted by atomic mass is 16.2. The number of nitrogens with one attached hydrogen (secondary N) is 1. The Bertz CT molecular complexity index is 349. The fraction of sp³-hybridized carbons (Fsp3) is 0.571. The van der Waals surface area contributed by atoms with E-state index in [4.69, 9.17) is 5.11 Å². The first-order valence-electron chi connectivity index (χ1n) is 6.25. The van der Waals surface area contributed by atoms with Gasteiger partial charge in [0.2, 0.25) is 0 Å². The molecule has 0 aromatic heterocycles. The van der Waals surface area contributed by atoms with Gasteiger partial charge in [-0.05, 0) is 50.3 Å². The van der Waals surface area contributed by atoms with Crippen LogP contribution in [-0.4, -0.2) is 18.3 Å². The van der Waals surface area contributed by atoms with Gasteiger partial charge in [0.1, 0.15) is 0 Å². The molecule has 16 heavy (non-hydrogen) atoms. The van der Waals surface area contributed by atoms with E-state index in [0.29, 0.717) is 12.6 Å². The summed E-state index contributed by atoms with van der Waals surface area (Å²) >= 11 is 0. The second-order valence-corrected chi connectivity index (χ2v) is 4.68. The maximum absolute atomic E-state index is 8.72. The molecule has 0 aliphatic heterocycles. The lowest BCUT2D eigenvalue weighted by molar-refractivity contribution is 0.282. The first-order chi connectivity index (χ1) is 7.81. The Morgan fingerprint density at radius 2 is 2.25 bits per heavy atom.